The fourth-order valence-electron chi connectivity index (χ4n) is 1.93. The third kappa shape index (κ3) is 2.72. The molecule has 0 bridgehead atoms. The summed E-state index contributed by atoms with van der Waals surface area (Å²) in [5.41, 5.74) is 7.56. The summed E-state index contributed by atoms with van der Waals surface area (Å²) in [5, 5.41) is 0.838. The highest BCUT2D eigenvalue weighted by atomic mass is 79.9. The van der Waals surface area contributed by atoms with Crippen LogP contribution in [-0.2, 0) is 6.61 Å². The first kappa shape index (κ1) is 12.9. The predicted octanol–water partition coefficient (Wildman–Crippen LogP) is 3.55. The van der Waals surface area contributed by atoms with Crippen LogP contribution in [0.2, 0.25) is 0 Å². The summed E-state index contributed by atoms with van der Waals surface area (Å²) < 4.78 is 6.74. The SMILES string of the molecule is Nc1nc(OCc2ccccc2)c2cc(Br)ccc2n1. The van der Waals surface area contributed by atoms with Crippen LogP contribution in [0, 0.1) is 0 Å². The molecule has 4 nitrogen and oxygen atoms in total. The van der Waals surface area contributed by atoms with E-state index in [0.29, 0.717) is 12.5 Å². The number of benzene rings is 2. The van der Waals surface area contributed by atoms with Crippen molar-refractivity contribution in [2.24, 2.45) is 0 Å². The summed E-state index contributed by atoms with van der Waals surface area (Å²) in [4.78, 5) is 8.38. The number of halogens is 1. The van der Waals surface area contributed by atoms with Crippen LogP contribution >= 0.6 is 15.9 Å². The van der Waals surface area contributed by atoms with E-state index < -0.39 is 0 Å². The fraction of sp³-hybridized carbons (Fsp3) is 0.0667. The first-order valence-electron chi connectivity index (χ1n) is 6.12. The van der Waals surface area contributed by atoms with E-state index in [1.165, 1.54) is 0 Å². The van der Waals surface area contributed by atoms with Crippen molar-refractivity contribution in [3.8, 4) is 5.88 Å². The molecule has 0 unspecified atom stereocenters. The molecule has 0 saturated heterocycles. The average molecular weight is 330 g/mol. The fourth-order valence-corrected chi connectivity index (χ4v) is 2.29. The molecule has 0 amide bonds. The smallest absolute Gasteiger partial charge is 0.226 e. The number of ether oxygens (including phenoxy) is 1. The molecule has 0 atom stereocenters. The molecule has 1 aromatic heterocycles. The lowest BCUT2D eigenvalue weighted by Gasteiger charge is -2.09. The van der Waals surface area contributed by atoms with Gasteiger partial charge in [0.1, 0.15) is 6.61 Å². The zero-order valence-corrected chi connectivity index (χ0v) is 12.2. The van der Waals surface area contributed by atoms with Crippen LogP contribution < -0.4 is 10.5 Å². The third-order valence-electron chi connectivity index (χ3n) is 2.86. The van der Waals surface area contributed by atoms with Gasteiger partial charge in [0, 0.05) is 4.47 Å². The van der Waals surface area contributed by atoms with Gasteiger partial charge in [-0.3, -0.25) is 0 Å². The summed E-state index contributed by atoms with van der Waals surface area (Å²) in [6, 6.07) is 15.6. The van der Waals surface area contributed by atoms with Crippen molar-refractivity contribution in [3.05, 3.63) is 58.6 Å². The van der Waals surface area contributed by atoms with Crippen LogP contribution in [-0.4, -0.2) is 9.97 Å². The molecule has 0 aliphatic carbocycles. The summed E-state index contributed by atoms with van der Waals surface area (Å²) in [7, 11) is 0. The predicted molar refractivity (Wildman–Crippen MR) is 82.4 cm³/mol. The molecule has 5 heteroatoms. The van der Waals surface area contributed by atoms with Gasteiger partial charge < -0.3 is 10.5 Å². The van der Waals surface area contributed by atoms with Crippen molar-refractivity contribution < 1.29 is 4.74 Å². The van der Waals surface area contributed by atoms with Crippen LogP contribution in [0.15, 0.2) is 53.0 Å². The van der Waals surface area contributed by atoms with Crippen LogP contribution in [0.25, 0.3) is 10.9 Å². The Hall–Kier alpha value is -2.14. The molecule has 3 rings (SSSR count). The molecule has 3 aromatic rings. The Morgan fingerprint density at radius 2 is 1.85 bits per heavy atom. The molecule has 0 fully saturated rings. The van der Waals surface area contributed by atoms with Crippen molar-refractivity contribution in [3.63, 3.8) is 0 Å². The van der Waals surface area contributed by atoms with Gasteiger partial charge in [0.15, 0.2) is 0 Å². The number of nitrogen functional groups attached to an aromatic ring is 1. The molecule has 20 heavy (non-hydrogen) atoms. The van der Waals surface area contributed by atoms with E-state index in [4.69, 9.17) is 10.5 Å². The second kappa shape index (κ2) is 5.46. The summed E-state index contributed by atoms with van der Waals surface area (Å²) in [6.45, 7) is 0.443. The van der Waals surface area contributed by atoms with Crippen LogP contribution in [0.4, 0.5) is 5.95 Å². The summed E-state index contributed by atoms with van der Waals surface area (Å²) >= 11 is 3.44. The van der Waals surface area contributed by atoms with E-state index in [9.17, 15) is 0 Å². The standard InChI is InChI=1S/C15H12BrN3O/c16-11-6-7-13-12(8-11)14(19-15(17)18-13)20-9-10-4-2-1-3-5-10/h1-8H,9H2,(H2,17,18,19). The minimum atomic E-state index is 0.211. The highest BCUT2D eigenvalue weighted by Gasteiger charge is 2.08. The molecular weight excluding hydrogens is 318 g/mol. The van der Waals surface area contributed by atoms with Gasteiger partial charge in [0.25, 0.3) is 0 Å². The van der Waals surface area contributed by atoms with Crippen molar-refractivity contribution >= 4 is 32.8 Å². The Labute approximate surface area is 124 Å². The number of fused-ring (bicyclic) bond motifs is 1. The Morgan fingerprint density at radius 3 is 2.65 bits per heavy atom. The molecule has 2 N–H and O–H groups in total. The molecule has 0 saturated carbocycles. The number of hydrogen-bond donors (Lipinski definition) is 1. The average Bonchev–Trinajstić information content (AvgIpc) is 2.46. The molecule has 0 radical (unpaired) electrons. The topological polar surface area (TPSA) is 61.0 Å². The van der Waals surface area contributed by atoms with E-state index in [2.05, 4.69) is 25.9 Å². The maximum Gasteiger partial charge on any atom is 0.226 e. The quantitative estimate of drug-likeness (QED) is 0.798. The largest absolute Gasteiger partial charge is 0.472 e. The van der Waals surface area contributed by atoms with Crippen molar-refractivity contribution in [2.45, 2.75) is 6.61 Å². The molecule has 0 aliphatic rings. The van der Waals surface area contributed by atoms with Gasteiger partial charge in [-0.05, 0) is 23.8 Å². The van der Waals surface area contributed by atoms with E-state index in [1.54, 1.807) is 0 Å². The zero-order valence-electron chi connectivity index (χ0n) is 10.6. The molecule has 100 valence electrons. The van der Waals surface area contributed by atoms with Gasteiger partial charge in [0.2, 0.25) is 11.8 Å². The van der Waals surface area contributed by atoms with E-state index in [-0.39, 0.29) is 5.95 Å². The zero-order chi connectivity index (χ0) is 13.9. The number of nitrogens with two attached hydrogens (primary N) is 1. The van der Waals surface area contributed by atoms with Crippen molar-refractivity contribution in [1.82, 2.24) is 9.97 Å². The number of rotatable bonds is 3. The van der Waals surface area contributed by atoms with Crippen LogP contribution in [0.3, 0.4) is 0 Å². The summed E-state index contributed by atoms with van der Waals surface area (Å²) in [5.74, 6) is 0.709. The van der Waals surface area contributed by atoms with Gasteiger partial charge in [0.05, 0.1) is 10.9 Å². The Bertz CT molecular complexity index is 747. The second-order valence-electron chi connectivity index (χ2n) is 4.32. The van der Waals surface area contributed by atoms with Gasteiger partial charge in [-0.25, -0.2) is 4.98 Å². The number of anilines is 1. The van der Waals surface area contributed by atoms with Gasteiger partial charge in [-0.2, -0.15) is 4.98 Å². The second-order valence-corrected chi connectivity index (χ2v) is 5.24. The first-order valence-corrected chi connectivity index (χ1v) is 6.91. The van der Waals surface area contributed by atoms with E-state index >= 15 is 0 Å². The van der Waals surface area contributed by atoms with Crippen molar-refractivity contribution in [1.29, 1.82) is 0 Å². The molecule has 2 aromatic carbocycles. The highest BCUT2D eigenvalue weighted by Crippen LogP contribution is 2.27. The molecule has 1 heterocycles. The van der Waals surface area contributed by atoms with Crippen LogP contribution in [0.5, 0.6) is 5.88 Å². The number of aromatic nitrogens is 2. The number of nitrogens with zero attached hydrogens (tertiary/aromatic N) is 2. The van der Waals surface area contributed by atoms with E-state index in [1.807, 2.05) is 48.5 Å². The molecule has 0 aliphatic heterocycles. The maximum atomic E-state index is 5.79. The Balaban J connectivity index is 1.96. The Morgan fingerprint density at radius 1 is 1.05 bits per heavy atom. The molecular formula is C15H12BrN3O. The minimum Gasteiger partial charge on any atom is -0.472 e. The monoisotopic (exact) mass is 329 g/mol. The third-order valence-corrected chi connectivity index (χ3v) is 3.35. The highest BCUT2D eigenvalue weighted by molar-refractivity contribution is 9.10. The lowest BCUT2D eigenvalue weighted by atomic mass is 10.2. The van der Waals surface area contributed by atoms with Gasteiger partial charge in [-0.15, -0.1) is 0 Å². The first-order chi connectivity index (χ1) is 9.72. The lowest BCUT2D eigenvalue weighted by Crippen LogP contribution is -2.02. The normalized spacial score (nSPS) is 10.7. The molecule has 0 spiro atoms. The van der Waals surface area contributed by atoms with Gasteiger partial charge >= 0.3 is 0 Å². The van der Waals surface area contributed by atoms with Crippen molar-refractivity contribution in [2.75, 3.05) is 5.73 Å². The lowest BCUT2D eigenvalue weighted by molar-refractivity contribution is 0.298. The van der Waals surface area contributed by atoms with Crippen LogP contribution in [0.1, 0.15) is 5.56 Å². The maximum absolute atomic E-state index is 5.79. The minimum absolute atomic E-state index is 0.211. The van der Waals surface area contributed by atoms with Gasteiger partial charge in [-0.1, -0.05) is 46.3 Å². The van der Waals surface area contributed by atoms with E-state index in [0.717, 1.165) is 20.9 Å². The Kier molecular flexibility index (Phi) is 3.52. The summed E-state index contributed by atoms with van der Waals surface area (Å²) in [6.07, 6.45) is 0. The number of hydrogen-bond acceptors (Lipinski definition) is 4.